The maximum absolute atomic E-state index is 13.0. The zero-order valence-electron chi connectivity index (χ0n) is 17.3. The van der Waals surface area contributed by atoms with E-state index in [1.807, 2.05) is 0 Å². The highest BCUT2D eigenvalue weighted by Crippen LogP contribution is 2.42. The molecule has 14 heteroatoms. The fraction of sp³-hybridized carbons (Fsp3) is 0.556. The molecule has 32 heavy (non-hydrogen) atoms. The normalized spacial score (nSPS) is 25.0. The largest absolute Gasteiger partial charge is 0.477 e. The minimum Gasteiger partial charge on any atom is -0.477 e. The van der Waals surface area contributed by atoms with Crippen LogP contribution in [0.3, 0.4) is 0 Å². The van der Waals surface area contributed by atoms with Crippen molar-refractivity contribution in [3.63, 3.8) is 0 Å². The van der Waals surface area contributed by atoms with E-state index in [1.165, 1.54) is 11.8 Å². The molecule has 2 fully saturated rings. The first-order valence-electron chi connectivity index (χ1n) is 9.76. The van der Waals surface area contributed by atoms with Gasteiger partial charge in [-0.25, -0.2) is 4.79 Å². The van der Waals surface area contributed by atoms with Crippen LogP contribution in [0.15, 0.2) is 16.4 Å². The number of nitrogens with one attached hydrogen (secondary N) is 1. The van der Waals surface area contributed by atoms with Gasteiger partial charge in [-0.05, 0) is 23.8 Å². The number of β-lactam (4-membered cyclic amide) rings is 1. The smallest absolute Gasteiger partial charge is 0.352 e. The number of hydrogen-bond donors (Lipinski definition) is 4. The standard InChI is InChI=1S/C18H22N6O6S2/c1-18(2)3-8(4-18)30-22-9(12-21-17(19)32-23-12)13(26)20-10-14(27)24-11(16(28)29)7(5-25)6-31-15(10)24/h8,10,15,25H,3-6H2,1-2H3,(H,20,26)(H,28,29)(H2,19,21,23)/b22-9-/t10-,15-/m1/s1. The van der Waals surface area contributed by atoms with Crippen LogP contribution >= 0.6 is 23.3 Å². The van der Waals surface area contributed by atoms with E-state index < -0.39 is 35.8 Å². The summed E-state index contributed by atoms with van der Waals surface area (Å²) in [6.07, 6.45) is 1.42. The number of carboxylic acid groups (broad SMARTS) is 1. The number of oxime groups is 1. The molecule has 1 saturated heterocycles. The van der Waals surface area contributed by atoms with E-state index in [1.54, 1.807) is 0 Å². The molecule has 1 aliphatic carbocycles. The predicted molar refractivity (Wildman–Crippen MR) is 116 cm³/mol. The van der Waals surface area contributed by atoms with Gasteiger partial charge in [-0.15, -0.1) is 11.8 Å². The van der Waals surface area contributed by atoms with Crippen LogP contribution in [-0.4, -0.2) is 77.8 Å². The van der Waals surface area contributed by atoms with Gasteiger partial charge in [0, 0.05) is 17.3 Å². The van der Waals surface area contributed by atoms with E-state index in [0.717, 1.165) is 29.3 Å². The quantitative estimate of drug-likeness (QED) is 0.230. The van der Waals surface area contributed by atoms with E-state index in [0.29, 0.717) is 0 Å². The molecule has 172 valence electrons. The van der Waals surface area contributed by atoms with Gasteiger partial charge in [-0.3, -0.25) is 14.5 Å². The SMILES string of the molecule is CC1(C)CC(O/N=C(\C(=O)N[C@@H]2C(=O)N3C(C(=O)O)=C(CO)CS[C@H]23)c2nsc(N)n2)C1. The number of carbonyl (C=O) groups excluding carboxylic acids is 2. The number of nitrogens with zero attached hydrogens (tertiary/aromatic N) is 4. The fourth-order valence-electron chi connectivity index (χ4n) is 3.90. The second-order valence-electron chi connectivity index (χ2n) is 8.47. The van der Waals surface area contributed by atoms with Gasteiger partial charge >= 0.3 is 5.97 Å². The Hall–Kier alpha value is -2.71. The van der Waals surface area contributed by atoms with Crippen LogP contribution < -0.4 is 11.1 Å². The zero-order chi connectivity index (χ0) is 23.2. The molecule has 0 radical (unpaired) electrons. The molecule has 2 amide bonds. The highest BCUT2D eigenvalue weighted by Gasteiger charge is 2.54. The molecule has 1 saturated carbocycles. The number of carboxylic acids is 1. The van der Waals surface area contributed by atoms with Crippen molar-refractivity contribution >= 4 is 51.9 Å². The van der Waals surface area contributed by atoms with Crippen LogP contribution in [0.5, 0.6) is 0 Å². The van der Waals surface area contributed by atoms with Crippen molar-refractivity contribution in [3.05, 3.63) is 17.1 Å². The number of aliphatic carboxylic acids is 1. The first-order chi connectivity index (χ1) is 15.1. The van der Waals surface area contributed by atoms with Gasteiger partial charge in [0.2, 0.25) is 11.5 Å². The minimum absolute atomic E-state index is 0.0165. The van der Waals surface area contributed by atoms with Crippen molar-refractivity contribution < 1.29 is 29.4 Å². The lowest BCUT2D eigenvalue weighted by Gasteiger charge is -2.49. The molecule has 3 aliphatic rings. The number of thioether (sulfide) groups is 1. The third kappa shape index (κ3) is 4.04. The Balaban J connectivity index is 1.50. The Morgan fingerprint density at radius 2 is 2.12 bits per heavy atom. The first kappa shape index (κ1) is 22.5. The summed E-state index contributed by atoms with van der Waals surface area (Å²) in [5.74, 6) is -2.42. The fourth-order valence-corrected chi connectivity index (χ4v) is 5.67. The number of aliphatic hydroxyl groups excluding tert-OH is 1. The summed E-state index contributed by atoms with van der Waals surface area (Å²) in [6, 6.07) is -0.967. The number of aliphatic hydroxyl groups is 1. The van der Waals surface area contributed by atoms with Crippen molar-refractivity contribution in [2.24, 2.45) is 10.6 Å². The monoisotopic (exact) mass is 482 g/mol. The van der Waals surface area contributed by atoms with Crippen LogP contribution in [0.2, 0.25) is 0 Å². The molecule has 0 aromatic carbocycles. The summed E-state index contributed by atoms with van der Waals surface area (Å²) in [7, 11) is 0. The number of carbonyl (C=O) groups is 3. The minimum atomic E-state index is -1.31. The molecule has 0 unspecified atom stereocenters. The van der Waals surface area contributed by atoms with Crippen LogP contribution in [0, 0.1) is 5.41 Å². The summed E-state index contributed by atoms with van der Waals surface area (Å²) < 4.78 is 4.02. The predicted octanol–water partition coefficient (Wildman–Crippen LogP) is -0.239. The van der Waals surface area contributed by atoms with Gasteiger partial charge in [0.1, 0.15) is 23.2 Å². The second-order valence-corrected chi connectivity index (χ2v) is 10.4. The van der Waals surface area contributed by atoms with Gasteiger partial charge in [-0.1, -0.05) is 19.0 Å². The summed E-state index contributed by atoms with van der Waals surface area (Å²) >= 11 is 2.15. The second kappa shape index (κ2) is 8.33. The summed E-state index contributed by atoms with van der Waals surface area (Å²) in [5, 5.41) is 24.9. The third-order valence-corrected chi connectivity index (χ3v) is 7.33. The van der Waals surface area contributed by atoms with E-state index in [2.05, 4.69) is 33.7 Å². The third-order valence-electron chi connectivity index (χ3n) is 5.45. The summed E-state index contributed by atoms with van der Waals surface area (Å²) in [5.41, 5.74) is 5.58. The number of nitrogen functional groups attached to an aromatic ring is 1. The highest BCUT2D eigenvalue weighted by atomic mass is 32.2. The number of anilines is 1. The Bertz CT molecular complexity index is 1030. The van der Waals surface area contributed by atoms with E-state index in [9.17, 15) is 24.6 Å². The van der Waals surface area contributed by atoms with E-state index >= 15 is 0 Å². The molecule has 3 heterocycles. The lowest BCUT2D eigenvalue weighted by atomic mass is 9.70. The number of hydrogen-bond acceptors (Lipinski definition) is 11. The first-order valence-corrected chi connectivity index (χ1v) is 11.6. The van der Waals surface area contributed by atoms with Crippen molar-refractivity contribution in [3.8, 4) is 0 Å². The van der Waals surface area contributed by atoms with E-state index in [-0.39, 0.29) is 45.2 Å². The Labute approximate surface area is 191 Å². The lowest BCUT2D eigenvalue weighted by Crippen LogP contribution is -2.71. The van der Waals surface area contributed by atoms with Crippen LogP contribution in [-0.2, 0) is 19.2 Å². The molecular weight excluding hydrogens is 460 g/mol. The molecule has 4 rings (SSSR count). The Morgan fingerprint density at radius 3 is 2.69 bits per heavy atom. The van der Waals surface area contributed by atoms with Gasteiger partial charge in [-0.2, -0.15) is 9.36 Å². The van der Waals surface area contributed by atoms with Crippen molar-refractivity contribution in [1.82, 2.24) is 19.6 Å². The van der Waals surface area contributed by atoms with Crippen molar-refractivity contribution in [2.45, 2.75) is 44.2 Å². The van der Waals surface area contributed by atoms with Gasteiger partial charge < -0.3 is 26.1 Å². The molecular formula is C18H22N6O6S2. The number of nitrogens with two attached hydrogens (primary N) is 1. The Kier molecular flexibility index (Phi) is 5.85. The maximum atomic E-state index is 13.0. The molecule has 0 spiro atoms. The number of fused-ring (bicyclic) bond motifs is 1. The van der Waals surface area contributed by atoms with Crippen LogP contribution in [0.1, 0.15) is 32.5 Å². The van der Waals surface area contributed by atoms with Crippen LogP contribution in [0.4, 0.5) is 5.13 Å². The zero-order valence-corrected chi connectivity index (χ0v) is 18.9. The lowest BCUT2D eigenvalue weighted by molar-refractivity contribution is -0.150. The maximum Gasteiger partial charge on any atom is 0.352 e. The number of rotatable bonds is 7. The van der Waals surface area contributed by atoms with Gasteiger partial charge in [0.05, 0.1) is 6.61 Å². The average Bonchev–Trinajstić information content (AvgIpc) is 3.15. The van der Waals surface area contributed by atoms with Gasteiger partial charge in [0.15, 0.2) is 5.13 Å². The molecule has 1 aromatic heterocycles. The molecule has 1 aromatic rings. The van der Waals surface area contributed by atoms with Crippen LogP contribution in [0.25, 0.3) is 0 Å². The number of amides is 2. The number of aromatic nitrogens is 2. The van der Waals surface area contributed by atoms with Gasteiger partial charge in [0.25, 0.3) is 11.8 Å². The summed E-state index contributed by atoms with van der Waals surface area (Å²) in [6.45, 7) is 3.74. The molecule has 5 N–H and O–H groups in total. The molecule has 0 bridgehead atoms. The van der Waals surface area contributed by atoms with Crippen molar-refractivity contribution in [1.29, 1.82) is 0 Å². The Morgan fingerprint density at radius 1 is 1.41 bits per heavy atom. The molecule has 12 nitrogen and oxygen atoms in total. The molecule has 2 atom stereocenters. The average molecular weight is 483 g/mol. The highest BCUT2D eigenvalue weighted by molar-refractivity contribution is 8.00. The van der Waals surface area contributed by atoms with Crippen molar-refractivity contribution in [2.75, 3.05) is 18.1 Å². The topological polar surface area (TPSA) is 180 Å². The summed E-state index contributed by atoms with van der Waals surface area (Å²) in [4.78, 5) is 47.8. The molecule has 2 aliphatic heterocycles. The van der Waals surface area contributed by atoms with E-state index in [4.69, 9.17) is 10.6 Å².